The number of benzene rings is 2. The van der Waals surface area contributed by atoms with Crippen LogP contribution in [0.1, 0.15) is 22.3 Å². The summed E-state index contributed by atoms with van der Waals surface area (Å²) >= 11 is 0. The molecule has 0 bridgehead atoms. The lowest BCUT2D eigenvalue weighted by Crippen LogP contribution is -2.28. The fourth-order valence-corrected chi connectivity index (χ4v) is 2.08. The molecule has 2 aromatic rings. The molecule has 0 aliphatic heterocycles. The van der Waals surface area contributed by atoms with Crippen molar-refractivity contribution in [3.8, 4) is 6.07 Å². The standard InChI is InChI=1S/C18H15F2N3O2/c19-13-3-6-15(16(20)11-13)18(25)22-10-8-17(24)23-14-4-1-12(2-5-14)7-9-21/h1-6,11H,7-8,10H2,(H,22,25)(H,23,24). The van der Waals surface area contributed by atoms with Crippen molar-refractivity contribution in [1.29, 1.82) is 5.26 Å². The molecule has 0 radical (unpaired) electrons. The van der Waals surface area contributed by atoms with Gasteiger partial charge in [0.15, 0.2) is 0 Å². The molecule has 128 valence electrons. The van der Waals surface area contributed by atoms with E-state index in [-0.39, 0.29) is 24.4 Å². The highest BCUT2D eigenvalue weighted by Crippen LogP contribution is 2.11. The number of carbonyl (C=O) groups excluding carboxylic acids is 2. The van der Waals surface area contributed by atoms with Crippen LogP contribution >= 0.6 is 0 Å². The minimum Gasteiger partial charge on any atom is -0.351 e. The molecule has 0 aromatic heterocycles. The van der Waals surface area contributed by atoms with E-state index < -0.39 is 17.5 Å². The van der Waals surface area contributed by atoms with Crippen LogP contribution in [-0.4, -0.2) is 18.4 Å². The van der Waals surface area contributed by atoms with Gasteiger partial charge in [0, 0.05) is 24.7 Å². The summed E-state index contributed by atoms with van der Waals surface area (Å²) in [6.45, 7) is 0.00794. The topological polar surface area (TPSA) is 82.0 Å². The second-order valence-electron chi connectivity index (χ2n) is 5.21. The predicted molar refractivity (Wildman–Crippen MR) is 87.7 cm³/mol. The normalized spacial score (nSPS) is 9.96. The number of rotatable bonds is 6. The number of nitrogens with one attached hydrogen (secondary N) is 2. The van der Waals surface area contributed by atoms with Crippen molar-refractivity contribution in [2.75, 3.05) is 11.9 Å². The lowest BCUT2D eigenvalue weighted by Gasteiger charge is -2.08. The summed E-state index contributed by atoms with van der Waals surface area (Å²) < 4.78 is 26.3. The van der Waals surface area contributed by atoms with Gasteiger partial charge in [-0.25, -0.2) is 8.78 Å². The smallest absolute Gasteiger partial charge is 0.254 e. The quantitative estimate of drug-likeness (QED) is 0.846. The summed E-state index contributed by atoms with van der Waals surface area (Å²) in [5, 5.41) is 13.6. The third-order valence-corrected chi connectivity index (χ3v) is 3.33. The van der Waals surface area contributed by atoms with E-state index in [2.05, 4.69) is 10.6 Å². The minimum atomic E-state index is -0.959. The first kappa shape index (κ1) is 18.1. The van der Waals surface area contributed by atoms with E-state index in [9.17, 15) is 18.4 Å². The molecule has 2 rings (SSSR count). The average molecular weight is 343 g/mol. The first-order chi connectivity index (χ1) is 12.0. The zero-order chi connectivity index (χ0) is 18.2. The largest absolute Gasteiger partial charge is 0.351 e. The fraction of sp³-hybridized carbons (Fsp3) is 0.167. The Kier molecular flexibility index (Phi) is 6.18. The van der Waals surface area contributed by atoms with Crippen molar-refractivity contribution in [3.05, 3.63) is 65.2 Å². The highest BCUT2D eigenvalue weighted by atomic mass is 19.1. The van der Waals surface area contributed by atoms with Crippen LogP contribution in [0.3, 0.4) is 0 Å². The van der Waals surface area contributed by atoms with Gasteiger partial charge in [-0.3, -0.25) is 9.59 Å². The van der Waals surface area contributed by atoms with Crippen LogP contribution in [0.5, 0.6) is 0 Å². The van der Waals surface area contributed by atoms with Gasteiger partial charge in [-0.1, -0.05) is 12.1 Å². The SMILES string of the molecule is N#CCc1ccc(NC(=O)CCNC(=O)c2ccc(F)cc2F)cc1. The summed E-state index contributed by atoms with van der Waals surface area (Å²) in [5.74, 6) is -2.77. The number of halogens is 2. The molecule has 5 nitrogen and oxygen atoms in total. The summed E-state index contributed by atoms with van der Waals surface area (Å²) in [5.41, 5.74) is 1.13. The molecule has 0 aliphatic rings. The first-order valence-electron chi connectivity index (χ1n) is 7.48. The number of anilines is 1. The summed E-state index contributed by atoms with van der Waals surface area (Å²) in [6.07, 6.45) is 0.286. The van der Waals surface area contributed by atoms with Crippen LogP contribution in [0.2, 0.25) is 0 Å². The highest BCUT2D eigenvalue weighted by molar-refractivity contribution is 5.95. The van der Waals surface area contributed by atoms with Gasteiger partial charge in [0.1, 0.15) is 11.6 Å². The van der Waals surface area contributed by atoms with Gasteiger partial charge in [0.05, 0.1) is 18.1 Å². The van der Waals surface area contributed by atoms with Crippen LogP contribution in [0.15, 0.2) is 42.5 Å². The molecule has 2 amide bonds. The molecular weight excluding hydrogens is 328 g/mol. The Morgan fingerprint density at radius 2 is 1.80 bits per heavy atom. The first-order valence-corrected chi connectivity index (χ1v) is 7.48. The average Bonchev–Trinajstić information content (AvgIpc) is 2.56. The van der Waals surface area contributed by atoms with Gasteiger partial charge in [-0.15, -0.1) is 0 Å². The van der Waals surface area contributed by atoms with Gasteiger partial charge in [-0.2, -0.15) is 5.26 Å². The molecule has 0 heterocycles. The zero-order valence-electron chi connectivity index (χ0n) is 13.2. The molecule has 2 N–H and O–H groups in total. The summed E-state index contributed by atoms with van der Waals surface area (Å²) in [7, 11) is 0. The third kappa shape index (κ3) is 5.39. The van der Waals surface area contributed by atoms with Crippen molar-refractivity contribution in [2.45, 2.75) is 12.8 Å². The van der Waals surface area contributed by atoms with E-state index >= 15 is 0 Å². The van der Waals surface area contributed by atoms with Gasteiger partial charge >= 0.3 is 0 Å². The molecule has 0 saturated carbocycles. The van der Waals surface area contributed by atoms with E-state index in [1.165, 1.54) is 0 Å². The monoisotopic (exact) mass is 343 g/mol. The van der Waals surface area contributed by atoms with Gasteiger partial charge in [0.25, 0.3) is 5.91 Å². The molecule has 7 heteroatoms. The van der Waals surface area contributed by atoms with Crippen LogP contribution in [0.4, 0.5) is 14.5 Å². The third-order valence-electron chi connectivity index (χ3n) is 3.33. The Bertz CT molecular complexity index is 814. The Labute approximate surface area is 143 Å². The minimum absolute atomic E-state index is 0.00546. The predicted octanol–water partition coefficient (Wildman–Crippen LogP) is 2.79. The Morgan fingerprint density at radius 1 is 1.08 bits per heavy atom. The van der Waals surface area contributed by atoms with Crippen LogP contribution in [0, 0.1) is 23.0 Å². The molecule has 2 aromatic carbocycles. The molecular formula is C18H15F2N3O2. The van der Waals surface area contributed by atoms with Crippen molar-refractivity contribution >= 4 is 17.5 Å². The van der Waals surface area contributed by atoms with E-state index in [0.29, 0.717) is 18.2 Å². The maximum atomic E-state index is 13.5. The Morgan fingerprint density at radius 3 is 2.44 bits per heavy atom. The zero-order valence-corrected chi connectivity index (χ0v) is 13.2. The van der Waals surface area contributed by atoms with E-state index in [0.717, 1.165) is 17.7 Å². The molecule has 0 atom stereocenters. The van der Waals surface area contributed by atoms with Crippen LogP contribution in [-0.2, 0) is 11.2 Å². The number of nitrogens with zero attached hydrogens (tertiary/aromatic N) is 1. The van der Waals surface area contributed by atoms with Gasteiger partial charge in [-0.05, 0) is 29.8 Å². The molecule has 0 spiro atoms. The number of hydrogen-bond donors (Lipinski definition) is 2. The maximum absolute atomic E-state index is 13.5. The molecule has 0 aliphatic carbocycles. The van der Waals surface area contributed by atoms with Crippen LogP contribution in [0.25, 0.3) is 0 Å². The summed E-state index contributed by atoms with van der Waals surface area (Å²) in [4.78, 5) is 23.6. The number of carbonyl (C=O) groups is 2. The second kappa shape index (κ2) is 8.55. The van der Waals surface area contributed by atoms with Crippen molar-refractivity contribution in [1.82, 2.24) is 5.32 Å². The van der Waals surface area contributed by atoms with Gasteiger partial charge in [0.2, 0.25) is 5.91 Å². The van der Waals surface area contributed by atoms with Crippen molar-refractivity contribution in [3.63, 3.8) is 0 Å². The number of hydrogen-bond acceptors (Lipinski definition) is 3. The van der Waals surface area contributed by atoms with Crippen LogP contribution < -0.4 is 10.6 Å². The molecule has 0 fully saturated rings. The lowest BCUT2D eigenvalue weighted by molar-refractivity contribution is -0.116. The molecule has 0 unspecified atom stereocenters. The number of amides is 2. The Hall–Kier alpha value is -3.27. The highest BCUT2D eigenvalue weighted by Gasteiger charge is 2.12. The second-order valence-corrected chi connectivity index (χ2v) is 5.21. The van der Waals surface area contributed by atoms with E-state index in [1.54, 1.807) is 24.3 Å². The lowest BCUT2D eigenvalue weighted by atomic mass is 10.1. The summed E-state index contributed by atoms with van der Waals surface area (Å²) in [6, 6.07) is 11.5. The molecule has 0 saturated heterocycles. The molecule has 25 heavy (non-hydrogen) atoms. The van der Waals surface area contributed by atoms with Crippen molar-refractivity contribution < 1.29 is 18.4 Å². The Balaban J connectivity index is 1.80. The van der Waals surface area contributed by atoms with Crippen molar-refractivity contribution in [2.24, 2.45) is 0 Å². The fourth-order valence-electron chi connectivity index (χ4n) is 2.08. The van der Waals surface area contributed by atoms with E-state index in [1.807, 2.05) is 6.07 Å². The van der Waals surface area contributed by atoms with E-state index in [4.69, 9.17) is 5.26 Å². The maximum Gasteiger partial charge on any atom is 0.254 e. The number of nitriles is 1. The van der Waals surface area contributed by atoms with Gasteiger partial charge < -0.3 is 10.6 Å².